The Bertz CT molecular complexity index is 1260. The zero-order chi connectivity index (χ0) is 26.2. The number of benzene rings is 1. The number of H-pyrrole nitrogens is 1. The Morgan fingerprint density at radius 3 is 2.81 bits per heavy atom. The van der Waals surface area contributed by atoms with Crippen LogP contribution in [0.15, 0.2) is 35.5 Å². The third kappa shape index (κ3) is 5.99. The molecule has 2 heterocycles. The van der Waals surface area contributed by atoms with Gasteiger partial charge in [0, 0.05) is 39.6 Å². The number of rotatable bonds is 9. The minimum absolute atomic E-state index is 0.157. The predicted octanol–water partition coefficient (Wildman–Crippen LogP) is 6.24. The van der Waals surface area contributed by atoms with Gasteiger partial charge in [0.1, 0.15) is 18.0 Å². The second-order valence-electron chi connectivity index (χ2n) is 12.3. The summed E-state index contributed by atoms with van der Waals surface area (Å²) >= 11 is 0. The molecule has 3 aromatic rings. The molecule has 0 radical (unpaired) electrons. The number of imidazole rings is 1. The molecule has 2 atom stereocenters. The lowest BCUT2D eigenvalue weighted by Gasteiger charge is -2.42. The molecule has 1 aromatic carbocycles. The first-order chi connectivity index (χ1) is 17.7. The Labute approximate surface area is 222 Å². The highest BCUT2D eigenvalue weighted by Crippen LogP contribution is 2.40. The standard InChI is InChI=1S/C29H42N7P/c1-29(2,3)21-7-9-24-25(16-21)34-27(33-24)10-6-19-13-23(14-19)35(4)17-20-5-8-22(15-20)36-12-11-26(37-36)28(31)32-18-30/h7,9,11-12,16,18-20,22-23H,5-6,8,10,13-15,17H2,1-4H3,(H,33,34)(H3,30,31,32). The van der Waals surface area contributed by atoms with E-state index in [0.717, 1.165) is 55.6 Å². The van der Waals surface area contributed by atoms with Crippen LogP contribution in [0.1, 0.15) is 82.0 Å². The van der Waals surface area contributed by atoms with Crippen LogP contribution in [-0.2, 0) is 11.8 Å². The summed E-state index contributed by atoms with van der Waals surface area (Å²) in [4.78, 5) is 15.0. The van der Waals surface area contributed by atoms with Crippen LogP contribution in [0.2, 0.25) is 0 Å². The number of nitrogens with two attached hydrogens (primary N) is 1. The van der Waals surface area contributed by atoms with Crippen LogP contribution in [0.5, 0.6) is 0 Å². The lowest BCUT2D eigenvalue weighted by Crippen LogP contribution is -2.44. The monoisotopic (exact) mass is 519 g/mol. The summed E-state index contributed by atoms with van der Waals surface area (Å²) in [6, 6.07) is 10.0. The molecule has 2 saturated carbocycles. The van der Waals surface area contributed by atoms with Gasteiger partial charge in [-0.15, -0.1) is 0 Å². The van der Waals surface area contributed by atoms with Crippen molar-refractivity contribution in [1.82, 2.24) is 19.2 Å². The van der Waals surface area contributed by atoms with E-state index >= 15 is 0 Å². The molecular formula is C29H42N7P. The number of nitrogens with one attached hydrogen (secondary N) is 2. The smallest absolute Gasteiger partial charge is 0.138 e. The largest absolute Gasteiger partial charge is 0.383 e. The summed E-state index contributed by atoms with van der Waals surface area (Å²) in [6.07, 6.45) is 11.9. The highest BCUT2D eigenvalue weighted by atomic mass is 31.0. The number of nitrogens with zero attached hydrogens (tertiary/aromatic N) is 4. The molecule has 8 heteroatoms. The zero-order valence-electron chi connectivity index (χ0n) is 22.7. The van der Waals surface area contributed by atoms with Gasteiger partial charge in [0.2, 0.25) is 0 Å². The van der Waals surface area contributed by atoms with Gasteiger partial charge in [-0.05, 0) is 86.6 Å². The van der Waals surface area contributed by atoms with Gasteiger partial charge in [-0.1, -0.05) is 26.8 Å². The first-order valence-electron chi connectivity index (χ1n) is 13.8. The number of aliphatic imine (C=N–C) groups is 1. The van der Waals surface area contributed by atoms with Crippen molar-refractivity contribution in [3.8, 4) is 0 Å². The Balaban J connectivity index is 1.05. The first kappa shape index (κ1) is 26.1. The highest BCUT2D eigenvalue weighted by Gasteiger charge is 2.34. The number of hydrogen-bond acceptors (Lipinski definition) is 3. The number of aromatic amines is 1. The summed E-state index contributed by atoms with van der Waals surface area (Å²) in [5.41, 5.74) is 9.74. The maximum Gasteiger partial charge on any atom is 0.138 e. The van der Waals surface area contributed by atoms with Gasteiger partial charge in [-0.2, -0.15) is 0 Å². The van der Waals surface area contributed by atoms with E-state index in [1.54, 1.807) is 0 Å². The van der Waals surface area contributed by atoms with Crippen molar-refractivity contribution in [3.63, 3.8) is 0 Å². The molecule has 2 aromatic heterocycles. The Kier molecular flexibility index (Phi) is 7.56. The fourth-order valence-corrected chi connectivity index (χ4v) is 7.16. The molecular weight excluding hydrogens is 477 g/mol. The van der Waals surface area contributed by atoms with Crippen LogP contribution in [0, 0.1) is 17.2 Å². The lowest BCUT2D eigenvalue weighted by atomic mass is 9.76. The van der Waals surface area contributed by atoms with Gasteiger partial charge < -0.3 is 19.9 Å². The van der Waals surface area contributed by atoms with E-state index < -0.39 is 0 Å². The number of aromatic nitrogens is 3. The van der Waals surface area contributed by atoms with E-state index in [4.69, 9.17) is 16.1 Å². The van der Waals surface area contributed by atoms with E-state index in [2.05, 4.69) is 71.4 Å². The molecule has 2 unspecified atom stereocenters. The van der Waals surface area contributed by atoms with E-state index in [9.17, 15) is 0 Å². The van der Waals surface area contributed by atoms with Gasteiger partial charge in [0.15, 0.2) is 0 Å². The van der Waals surface area contributed by atoms with Gasteiger partial charge in [0.05, 0.1) is 16.3 Å². The van der Waals surface area contributed by atoms with Gasteiger partial charge in [-0.3, -0.25) is 5.41 Å². The summed E-state index contributed by atoms with van der Waals surface area (Å²) in [5, 5.41) is 8.13. The summed E-state index contributed by atoms with van der Waals surface area (Å²) < 4.78 is 2.39. The topological polar surface area (TPSA) is 99.1 Å². The number of amidine groups is 1. The average molecular weight is 520 g/mol. The Morgan fingerprint density at radius 1 is 1.24 bits per heavy atom. The van der Waals surface area contributed by atoms with Gasteiger partial charge in [0.25, 0.3) is 0 Å². The molecule has 5 rings (SSSR count). The predicted molar refractivity (Wildman–Crippen MR) is 155 cm³/mol. The molecule has 0 saturated heterocycles. The Morgan fingerprint density at radius 2 is 2.05 bits per heavy atom. The van der Waals surface area contributed by atoms with E-state index in [0.29, 0.717) is 11.9 Å². The number of aryl methyl sites for hydroxylation is 1. The summed E-state index contributed by atoms with van der Waals surface area (Å²) in [6.45, 7) is 7.98. The second kappa shape index (κ2) is 10.7. The maximum atomic E-state index is 7.13. The van der Waals surface area contributed by atoms with Crippen molar-refractivity contribution in [2.75, 3.05) is 13.6 Å². The molecule has 0 spiro atoms. The molecule has 2 fully saturated rings. The third-order valence-corrected chi connectivity index (χ3v) is 9.81. The molecule has 7 nitrogen and oxygen atoms in total. The van der Waals surface area contributed by atoms with Crippen molar-refractivity contribution >= 4 is 31.6 Å². The van der Waals surface area contributed by atoms with Crippen LogP contribution in [-0.4, -0.2) is 51.0 Å². The summed E-state index contributed by atoms with van der Waals surface area (Å²) in [5.74, 6) is 3.18. The lowest BCUT2D eigenvalue weighted by molar-refractivity contribution is 0.0829. The molecule has 4 N–H and O–H groups in total. The minimum atomic E-state index is 0.157. The maximum absolute atomic E-state index is 7.13. The van der Waals surface area contributed by atoms with Crippen LogP contribution >= 0.6 is 8.35 Å². The van der Waals surface area contributed by atoms with E-state index in [1.807, 2.05) is 6.07 Å². The average Bonchev–Trinajstić information content (AvgIpc) is 3.56. The number of hydrogen-bond donors (Lipinski definition) is 3. The van der Waals surface area contributed by atoms with Crippen LogP contribution < -0.4 is 5.73 Å². The second-order valence-corrected chi connectivity index (χ2v) is 13.4. The van der Waals surface area contributed by atoms with Crippen molar-refractivity contribution in [3.05, 3.63) is 47.1 Å². The highest BCUT2D eigenvalue weighted by molar-refractivity contribution is 7.28. The Hall–Kier alpha value is -2.50. The molecule has 0 bridgehead atoms. The molecule has 0 aliphatic heterocycles. The van der Waals surface area contributed by atoms with Crippen molar-refractivity contribution in [2.24, 2.45) is 22.6 Å². The normalized spacial score (nSPS) is 24.8. The molecule has 0 amide bonds. The van der Waals surface area contributed by atoms with Crippen LogP contribution in [0.25, 0.3) is 11.0 Å². The SMILES string of the molecule is CN(CC1CCC(n2ccc(C(N)=NC=N)p2)C1)C1CC(CCc2nc3ccc(C(C)(C)C)cc3[nH]2)C1. The van der Waals surface area contributed by atoms with E-state index in [-0.39, 0.29) is 5.41 Å². The fraction of sp³-hybridized carbons (Fsp3) is 0.586. The van der Waals surface area contributed by atoms with Gasteiger partial charge in [-0.25, -0.2) is 9.98 Å². The molecule has 37 heavy (non-hydrogen) atoms. The fourth-order valence-electron chi connectivity index (χ4n) is 6.11. The number of fused-ring (bicyclic) bond motifs is 1. The van der Waals surface area contributed by atoms with Gasteiger partial charge >= 0.3 is 0 Å². The third-order valence-electron chi connectivity index (χ3n) is 8.53. The molecule has 2 aliphatic carbocycles. The first-order valence-corrected chi connectivity index (χ1v) is 14.6. The summed E-state index contributed by atoms with van der Waals surface area (Å²) in [7, 11) is 3.43. The minimum Gasteiger partial charge on any atom is -0.383 e. The quantitative estimate of drug-likeness (QED) is 0.230. The van der Waals surface area contributed by atoms with Crippen molar-refractivity contribution in [1.29, 1.82) is 5.41 Å². The molecule has 2 aliphatic rings. The van der Waals surface area contributed by atoms with Crippen LogP contribution in [0.3, 0.4) is 0 Å². The van der Waals surface area contributed by atoms with Crippen LogP contribution in [0.4, 0.5) is 0 Å². The van der Waals surface area contributed by atoms with Crippen molar-refractivity contribution in [2.45, 2.75) is 83.2 Å². The van der Waals surface area contributed by atoms with E-state index in [1.165, 1.54) is 56.1 Å². The van der Waals surface area contributed by atoms with Crippen molar-refractivity contribution < 1.29 is 0 Å². The zero-order valence-corrected chi connectivity index (χ0v) is 23.6. The molecule has 198 valence electrons.